The maximum atomic E-state index is 4.21. The largest absolute Gasteiger partial charge is 0.338 e. The highest BCUT2D eigenvalue weighted by Crippen LogP contribution is 2.17. The first-order valence-corrected chi connectivity index (χ1v) is 7.20. The van der Waals surface area contributed by atoms with Crippen LogP contribution in [0.5, 0.6) is 0 Å². The fraction of sp³-hybridized carbons (Fsp3) is 0.500. The number of nitrogens with zero attached hydrogens (tertiary/aromatic N) is 5. The molecule has 6 nitrogen and oxygen atoms in total. The molecule has 0 amide bonds. The second kappa shape index (κ2) is 6.00. The Bertz CT molecular complexity index is 532. The minimum absolute atomic E-state index is 0.538. The van der Waals surface area contributed by atoms with Gasteiger partial charge in [0.2, 0.25) is 5.95 Å². The van der Waals surface area contributed by atoms with Crippen LogP contribution >= 0.6 is 0 Å². The van der Waals surface area contributed by atoms with E-state index in [-0.39, 0.29) is 0 Å². The second-order valence-electron chi connectivity index (χ2n) is 5.06. The number of likely N-dealkylation sites (N-methyl/N-ethyl adjacent to an activating group) is 1. The lowest BCUT2D eigenvalue weighted by molar-refractivity contribution is 0.576. The van der Waals surface area contributed by atoms with Gasteiger partial charge in [0.05, 0.1) is 5.69 Å². The minimum Gasteiger partial charge on any atom is -0.338 e. The van der Waals surface area contributed by atoms with E-state index in [0.717, 1.165) is 31.3 Å². The number of anilines is 1. The zero-order valence-corrected chi connectivity index (χ0v) is 11.7. The molecule has 2 heterocycles. The molecule has 0 aliphatic carbocycles. The van der Waals surface area contributed by atoms with E-state index in [0.29, 0.717) is 6.04 Å². The predicted octanol–water partition coefficient (Wildman–Crippen LogP) is 1.24. The summed E-state index contributed by atoms with van der Waals surface area (Å²) in [6, 6.07) is 10.6. The van der Waals surface area contributed by atoms with Crippen LogP contribution in [-0.2, 0) is 0 Å². The van der Waals surface area contributed by atoms with E-state index in [2.05, 4.69) is 32.7 Å². The van der Waals surface area contributed by atoms with Crippen molar-refractivity contribution in [1.82, 2.24) is 25.5 Å². The van der Waals surface area contributed by atoms with Gasteiger partial charge in [0.15, 0.2) is 0 Å². The van der Waals surface area contributed by atoms with E-state index >= 15 is 0 Å². The average Bonchev–Trinajstić information content (AvgIpc) is 3.17. The molecule has 1 atom stereocenters. The van der Waals surface area contributed by atoms with E-state index in [4.69, 9.17) is 0 Å². The molecule has 1 N–H and O–H groups in total. The van der Waals surface area contributed by atoms with Crippen molar-refractivity contribution >= 4 is 5.95 Å². The zero-order valence-electron chi connectivity index (χ0n) is 11.7. The third-order valence-electron chi connectivity index (χ3n) is 3.72. The maximum absolute atomic E-state index is 4.21. The van der Waals surface area contributed by atoms with Gasteiger partial charge in [-0.15, -0.1) is 0 Å². The molecule has 106 valence electrons. The molecule has 0 radical (unpaired) electrons. The van der Waals surface area contributed by atoms with E-state index < -0.39 is 0 Å². The van der Waals surface area contributed by atoms with Gasteiger partial charge in [-0.3, -0.25) is 0 Å². The lowest BCUT2D eigenvalue weighted by Gasteiger charge is -2.24. The Hall–Kier alpha value is -1.95. The summed E-state index contributed by atoms with van der Waals surface area (Å²) in [4.78, 5) is 2.23. The van der Waals surface area contributed by atoms with E-state index in [1.54, 1.807) is 4.68 Å². The smallest absolute Gasteiger partial charge is 0.250 e. The zero-order chi connectivity index (χ0) is 13.8. The van der Waals surface area contributed by atoms with Gasteiger partial charge in [-0.05, 0) is 48.9 Å². The fourth-order valence-electron chi connectivity index (χ4n) is 2.65. The minimum atomic E-state index is 0.538. The molecule has 1 aromatic heterocycles. The van der Waals surface area contributed by atoms with E-state index in [9.17, 15) is 0 Å². The SMILES string of the molecule is CCN(CC1CCCN1)c1nnnn1-c1ccccc1. The molecule has 20 heavy (non-hydrogen) atoms. The number of hydrogen-bond acceptors (Lipinski definition) is 5. The van der Waals surface area contributed by atoms with Gasteiger partial charge in [0.25, 0.3) is 0 Å². The molecule has 6 heteroatoms. The number of rotatable bonds is 5. The Morgan fingerprint density at radius 1 is 1.35 bits per heavy atom. The molecule has 2 aromatic rings. The first-order chi connectivity index (χ1) is 9.88. The van der Waals surface area contributed by atoms with Crippen LogP contribution in [0.1, 0.15) is 19.8 Å². The molecule has 3 rings (SSSR count). The first kappa shape index (κ1) is 13.1. The summed E-state index contributed by atoms with van der Waals surface area (Å²) in [5.74, 6) is 0.812. The first-order valence-electron chi connectivity index (χ1n) is 7.20. The molecule has 1 unspecified atom stereocenters. The van der Waals surface area contributed by atoms with Gasteiger partial charge in [-0.1, -0.05) is 23.3 Å². The Balaban J connectivity index is 1.83. The fourth-order valence-corrected chi connectivity index (χ4v) is 2.65. The van der Waals surface area contributed by atoms with Crippen molar-refractivity contribution < 1.29 is 0 Å². The molecule has 1 fully saturated rings. The van der Waals surface area contributed by atoms with Gasteiger partial charge in [0, 0.05) is 19.1 Å². The van der Waals surface area contributed by atoms with Crippen LogP contribution < -0.4 is 10.2 Å². The monoisotopic (exact) mass is 272 g/mol. The van der Waals surface area contributed by atoms with Crippen molar-refractivity contribution in [1.29, 1.82) is 0 Å². The number of hydrogen-bond donors (Lipinski definition) is 1. The van der Waals surface area contributed by atoms with E-state index in [1.165, 1.54) is 12.8 Å². The normalized spacial score (nSPS) is 18.4. The molecule has 1 aliphatic rings. The molecule has 1 aromatic carbocycles. The number of tetrazole rings is 1. The highest BCUT2D eigenvalue weighted by molar-refractivity contribution is 5.40. The summed E-state index contributed by atoms with van der Waals surface area (Å²) >= 11 is 0. The highest BCUT2D eigenvalue weighted by Gasteiger charge is 2.21. The number of benzene rings is 1. The van der Waals surface area contributed by atoms with Crippen molar-refractivity contribution in [3.8, 4) is 5.69 Å². The van der Waals surface area contributed by atoms with Crippen molar-refractivity contribution in [2.75, 3.05) is 24.5 Å². The molecule has 0 saturated carbocycles. The van der Waals surface area contributed by atoms with E-state index in [1.807, 2.05) is 30.3 Å². The topological polar surface area (TPSA) is 58.9 Å². The van der Waals surface area contributed by atoms with Crippen molar-refractivity contribution in [3.05, 3.63) is 30.3 Å². The predicted molar refractivity (Wildman–Crippen MR) is 78.1 cm³/mol. The molecule has 0 bridgehead atoms. The van der Waals surface area contributed by atoms with Crippen LogP contribution in [0, 0.1) is 0 Å². The summed E-state index contributed by atoms with van der Waals surface area (Å²) in [5, 5.41) is 15.7. The van der Waals surface area contributed by atoms with Crippen LogP contribution in [0.3, 0.4) is 0 Å². The quantitative estimate of drug-likeness (QED) is 0.887. The molecular weight excluding hydrogens is 252 g/mol. The second-order valence-corrected chi connectivity index (χ2v) is 5.06. The summed E-state index contributed by atoms with van der Waals surface area (Å²) in [6.07, 6.45) is 2.48. The lowest BCUT2D eigenvalue weighted by Crippen LogP contribution is -2.38. The molecule has 1 aliphatic heterocycles. The number of aromatic nitrogens is 4. The van der Waals surface area contributed by atoms with Crippen LogP contribution in [0.15, 0.2) is 30.3 Å². The maximum Gasteiger partial charge on any atom is 0.250 e. The lowest BCUT2D eigenvalue weighted by atomic mass is 10.2. The van der Waals surface area contributed by atoms with Gasteiger partial charge < -0.3 is 10.2 Å². The Morgan fingerprint density at radius 2 is 2.20 bits per heavy atom. The third-order valence-corrected chi connectivity index (χ3v) is 3.72. The van der Waals surface area contributed by atoms with Gasteiger partial charge >= 0.3 is 0 Å². The van der Waals surface area contributed by atoms with Gasteiger partial charge in [-0.2, -0.15) is 4.68 Å². The Kier molecular flexibility index (Phi) is 3.92. The van der Waals surface area contributed by atoms with Crippen molar-refractivity contribution in [2.45, 2.75) is 25.8 Å². The Labute approximate surface area is 118 Å². The highest BCUT2D eigenvalue weighted by atomic mass is 15.6. The molecular formula is C14H20N6. The van der Waals surface area contributed by atoms with Crippen molar-refractivity contribution in [2.24, 2.45) is 0 Å². The molecule has 1 saturated heterocycles. The summed E-state index contributed by atoms with van der Waals surface area (Å²) in [6.45, 7) is 5.10. The summed E-state index contributed by atoms with van der Waals surface area (Å²) in [7, 11) is 0. The summed E-state index contributed by atoms with van der Waals surface area (Å²) < 4.78 is 1.80. The third kappa shape index (κ3) is 2.65. The summed E-state index contributed by atoms with van der Waals surface area (Å²) in [5.41, 5.74) is 0.991. The van der Waals surface area contributed by atoms with Crippen LogP contribution in [0.25, 0.3) is 5.69 Å². The average molecular weight is 272 g/mol. The van der Waals surface area contributed by atoms with Crippen LogP contribution in [-0.4, -0.2) is 45.9 Å². The molecule has 0 spiro atoms. The standard InChI is InChI=1S/C14H20N6/c1-2-19(11-12-7-6-10-15-12)14-16-17-18-20(14)13-8-4-3-5-9-13/h3-5,8-9,12,15H,2,6-7,10-11H2,1H3. The van der Waals surface area contributed by atoms with Crippen LogP contribution in [0.4, 0.5) is 5.95 Å². The van der Waals surface area contributed by atoms with Gasteiger partial charge in [0.1, 0.15) is 0 Å². The Morgan fingerprint density at radius 3 is 2.90 bits per heavy atom. The number of para-hydroxylation sites is 1. The number of nitrogens with one attached hydrogen (secondary N) is 1. The van der Waals surface area contributed by atoms with Crippen molar-refractivity contribution in [3.63, 3.8) is 0 Å². The van der Waals surface area contributed by atoms with Gasteiger partial charge in [-0.25, -0.2) is 0 Å². The van der Waals surface area contributed by atoms with Crippen LogP contribution in [0.2, 0.25) is 0 Å².